The Bertz CT molecular complexity index is 640. The zero-order valence-electron chi connectivity index (χ0n) is 12.4. The van der Waals surface area contributed by atoms with E-state index in [2.05, 4.69) is 0 Å². The van der Waals surface area contributed by atoms with Crippen molar-refractivity contribution in [3.8, 4) is 28.7 Å². The number of phenolic OH excluding ortho intramolecular Hbond substituents is 1. The Labute approximate surface area is 129 Å². The molecule has 1 aliphatic rings. The number of hydrogen-bond acceptors (Lipinski definition) is 5. The minimum Gasteiger partial charge on any atom is -0.504 e. The van der Waals surface area contributed by atoms with Crippen LogP contribution in [0, 0.1) is 0 Å². The molecule has 1 N–H and O–H groups in total. The zero-order chi connectivity index (χ0) is 15.4. The normalized spacial score (nSPS) is 12.2. The van der Waals surface area contributed by atoms with E-state index in [1.165, 1.54) is 0 Å². The van der Waals surface area contributed by atoms with Gasteiger partial charge in [0.05, 0.1) is 13.7 Å². The van der Waals surface area contributed by atoms with Gasteiger partial charge in [-0.1, -0.05) is 6.07 Å². The van der Waals surface area contributed by atoms with Crippen LogP contribution in [0.3, 0.4) is 0 Å². The SMILES string of the molecule is COc1cc(CCCOc2ccc3c(c2)OCO3)ccc1O. The van der Waals surface area contributed by atoms with Gasteiger partial charge in [0.25, 0.3) is 0 Å². The Morgan fingerprint density at radius 3 is 2.82 bits per heavy atom. The van der Waals surface area contributed by atoms with Gasteiger partial charge in [-0.05, 0) is 42.7 Å². The molecule has 0 aromatic heterocycles. The van der Waals surface area contributed by atoms with Crippen LogP contribution in [0.2, 0.25) is 0 Å². The van der Waals surface area contributed by atoms with Crippen molar-refractivity contribution >= 4 is 0 Å². The molecule has 0 amide bonds. The second-order valence-electron chi connectivity index (χ2n) is 4.97. The Morgan fingerprint density at radius 2 is 1.95 bits per heavy atom. The molecule has 0 saturated carbocycles. The molecule has 0 radical (unpaired) electrons. The lowest BCUT2D eigenvalue weighted by atomic mass is 10.1. The van der Waals surface area contributed by atoms with Crippen molar-refractivity contribution < 1.29 is 24.1 Å². The van der Waals surface area contributed by atoms with Crippen LogP contribution in [-0.2, 0) is 6.42 Å². The van der Waals surface area contributed by atoms with Crippen molar-refractivity contribution in [2.24, 2.45) is 0 Å². The molecule has 1 heterocycles. The Kier molecular flexibility index (Phi) is 4.23. The molecule has 2 aromatic carbocycles. The number of aryl methyl sites for hydroxylation is 1. The Balaban J connectivity index is 1.49. The molecule has 1 aliphatic heterocycles. The lowest BCUT2D eigenvalue weighted by Gasteiger charge is -2.08. The summed E-state index contributed by atoms with van der Waals surface area (Å²) >= 11 is 0. The first-order valence-electron chi connectivity index (χ1n) is 7.14. The highest BCUT2D eigenvalue weighted by Crippen LogP contribution is 2.35. The number of hydrogen-bond donors (Lipinski definition) is 1. The van der Waals surface area contributed by atoms with Crippen molar-refractivity contribution in [2.75, 3.05) is 20.5 Å². The van der Waals surface area contributed by atoms with Gasteiger partial charge in [-0.15, -0.1) is 0 Å². The van der Waals surface area contributed by atoms with Crippen molar-refractivity contribution in [2.45, 2.75) is 12.8 Å². The van der Waals surface area contributed by atoms with E-state index >= 15 is 0 Å². The fourth-order valence-electron chi connectivity index (χ4n) is 2.31. The lowest BCUT2D eigenvalue weighted by molar-refractivity contribution is 0.173. The fourth-order valence-corrected chi connectivity index (χ4v) is 2.31. The highest BCUT2D eigenvalue weighted by Gasteiger charge is 2.13. The van der Waals surface area contributed by atoms with Gasteiger partial charge in [-0.25, -0.2) is 0 Å². The molecule has 0 atom stereocenters. The van der Waals surface area contributed by atoms with Gasteiger partial charge in [0.15, 0.2) is 23.0 Å². The number of methoxy groups -OCH3 is 1. The smallest absolute Gasteiger partial charge is 0.231 e. The maximum absolute atomic E-state index is 9.56. The molecule has 0 unspecified atom stereocenters. The standard InChI is InChI=1S/C17H18O5/c1-19-16-9-12(4-6-14(16)18)3-2-8-20-13-5-7-15-17(10-13)22-11-21-15/h4-7,9-10,18H,2-3,8,11H2,1H3. The fraction of sp³-hybridized carbons (Fsp3) is 0.294. The van der Waals surface area contributed by atoms with Crippen LogP contribution < -0.4 is 18.9 Å². The van der Waals surface area contributed by atoms with E-state index in [9.17, 15) is 5.11 Å². The van der Waals surface area contributed by atoms with Crippen LogP contribution in [0.15, 0.2) is 36.4 Å². The molecule has 0 spiro atoms. The summed E-state index contributed by atoms with van der Waals surface area (Å²) in [4.78, 5) is 0. The van der Waals surface area contributed by atoms with E-state index in [1.54, 1.807) is 13.2 Å². The predicted octanol–water partition coefficient (Wildman–Crippen LogP) is 3.14. The molecular weight excluding hydrogens is 284 g/mol. The minimum absolute atomic E-state index is 0.155. The van der Waals surface area contributed by atoms with Crippen LogP contribution in [0.1, 0.15) is 12.0 Å². The molecule has 5 heteroatoms. The van der Waals surface area contributed by atoms with Crippen LogP contribution in [0.5, 0.6) is 28.7 Å². The third kappa shape index (κ3) is 3.19. The number of ether oxygens (including phenoxy) is 4. The first kappa shape index (κ1) is 14.4. The van der Waals surface area contributed by atoms with Crippen molar-refractivity contribution in [3.05, 3.63) is 42.0 Å². The summed E-state index contributed by atoms with van der Waals surface area (Å²) in [6, 6.07) is 10.9. The molecule has 5 nitrogen and oxygen atoms in total. The summed E-state index contributed by atoms with van der Waals surface area (Å²) in [6.07, 6.45) is 1.71. The third-order valence-electron chi connectivity index (χ3n) is 3.47. The highest BCUT2D eigenvalue weighted by molar-refractivity contribution is 5.46. The monoisotopic (exact) mass is 302 g/mol. The van der Waals surface area contributed by atoms with E-state index in [1.807, 2.05) is 30.3 Å². The van der Waals surface area contributed by atoms with Gasteiger partial charge in [0.1, 0.15) is 5.75 Å². The largest absolute Gasteiger partial charge is 0.504 e. The Hall–Kier alpha value is -2.56. The van der Waals surface area contributed by atoms with Gasteiger partial charge in [0, 0.05) is 6.07 Å². The summed E-state index contributed by atoms with van der Waals surface area (Å²) in [5, 5.41) is 9.56. The highest BCUT2D eigenvalue weighted by atomic mass is 16.7. The number of phenols is 1. The van der Waals surface area contributed by atoms with Gasteiger partial charge in [0.2, 0.25) is 6.79 Å². The number of benzene rings is 2. The summed E-state index contributed by atoms with van der Waals surface area (Å²) in [5.74, 6) is 2.90. The maximum atomic E-state index is 9.56. The average Bonchev–Trinajstić information content (AvgIpc) is 3.00. The molecule has 0 aliphatic carbocycles. The summed E-state index contributed by atoms with van der Waals surface area (Å²) in [6.45, 7) is 0.865. The molecule has 116 valence electrons. The van der Waals surface area contributed by atoms with E-state index < -0.39 is 0 Å². The van der Waals surface area contributed by atoms with E-state index in [4.69, 9.17) is 18.9 Å². The third-order valence-corrected chi connectivity index (χ3v) is 3.47. The Morgan fingerprint density at radius 1 is 1.09 bits per heavy atom. The number of rotatable bonds is 6. The summed E-state index contributed by atoms with van der Waals surface area (Å²) in [5.41, 5.74) is 1.10. The van der Waals surface area contributed by atoms with E-state index in [0.717, 1.165) is 35.7 Å². The van der Waals surface area contributed by atoms with Crippen LogP contribution in [0.25, 0.3) is 0 Å². The average molecular weight is 302 g/mol. The molecule has 22 heavy (non-hydrogen) atoms. The van der Waals surface area contributed by atoms with Gasteiger partial charge in [-0.3, -0.25) is 0 Å². The van der Waals surface area contributed by atoms with Gasteiger partial charge >= 0.3 is 0 Å². The van der Waals surface area contributed by atoms with E-state index in [-0.39, 0.29) is 12.5 Å². The van der Waals surface area contributed by atoms with Crippen molar-refractivity contribution in [3.63, 3.8) is 0 Å². The zero-order valence-corrected chi connectivity index (χ0v) is 12.4. The minimum atomic E-state index is 0.155. The number of fused-ring (bicyclic) bond motifs is 1. The van der Waals surface area contributed by atoms with Crippen LogP contribution in [0.4, 0.5) is 0 Å². The first-order valence-corrected chi connectivity index (χ1v) is 7.14. The van der Waals surface area contributed by atoms with Crippen molar-refractivity contribution in [1.82, 2.24) is 0 Å². The van der Waals surface area contributed by atoms with Crippen LogP contribution >= 0.6 is 0 Å². The number of aromatic hydroxyl groups is 1. The first-order chi connectivity index (χ1) is 10.8. The quantitative estimate of drug-likeness (QED) is 0.831. The molecule has 0 fully saturated rings. The molecule has 0 saturated heterocycles. The summed E-state index contributed by atoms with van der Waals surface area (Å²) < 4.78 is 21.4. The summed E-state index contributed by atoms with van der Waals surface area (Å²) in [7, 11) is 1.54. The van der Waals surface area contributed by atoms with Crippen molar-refractivity contribution in [1.29, 1.82) is 0 Å². The molecule has 3 rings (SSSR count). The topological polar surface area (TPSA) is 57.2 Å². The van der Waals surface area contributed by atoms with E-state index in [0.29, 0.717) is 12.4 Å². The maximum Gasteiger partial charge on any atom is 0.231 e. The van der Waals surface area contributed by atoms with Crippen LogP contribution in [-0.4, -0.2) is 25.6 Å². The van der Waals surface area contributed by atoms with Gasteiger partial charge in [-0.2, -0.15) is 0 Å². The predicted molar refractivity (Wildman–Crippen MR) is 81.0 cm³/mol. The lowest BCUT2D eigenvalue weighted by Crippen LogP contribution is -1.99. The van der Waals surface area contributed by atoms with Gasteiger partial charge < -0.3 is 24.1 Å². The second-order valence-corrected chi connectivity index (χ2v) is 4.97. The molecule has 2 aromatic rings. The molecular formula is C17H18O5. The second kappa shape index (κ2) is 6.47. The molecule has 0 bridgehead atoms.